The summed E-state index contributed by atoms with van der Waals surface area (Å²) < 4.78 is 0. The van der Waals surface area contributed by atoms with Crippen molar-refractivity contribution in [1.82, 2.24) is 0 Å². The Morgan fingerprint density at radius 3 is 2.38 bits per heavy atom. The Hall–Kier alpha value is -2.34. The molecule has 1 saturated carbocycles. The summed E-state index contributed by atoms with van der Waals surface area (Å²) in [5, 5.41) is 2.72. The van der Waals surface area contributed by atoms with Crippen LogP contribution in [0, 0.1) is 5.92 Å². The second kappa shape index (κ2) is 10.4. The largest absolute Gasteiger partial charge is 0.0985 e. The first-order chi connectivity index (χ1) is 14.3. The lowest BCUT2D eigenvalue weighted by Gasteiger charge is -2.28. The number of benzene rings is 2. The van der Waals surface area contributed by atoms with Crippen molar-refractivity contribution in [2.75, 3.05) is 0 Å². The van der Waals surface area contributed by atoms with E-state index in [9.17, 15) is 0 Å². The number of hydrogen-bond acceptors (Lipinski definition) is 0. The third-order valence-electron chi connectivity index (χ3n) is 6.49. The molecule has 0 heterocycles. The van der Waals surface area contributed by atoms with Crippen LogP contribution in [0.3, 0.4) is 0 Å². The summed E-state index contributed by atoms with van der Waals surface area (Å²) in [5.41, 5.74) is 5.41. The summed E-state index contributed by atoms with van der Waals surface area (Å²) in [7, 11) is 0. The first kappa shape index (κ1) is 21.4. The lowest BCUT2D eigenvalue weighted by molar-refractivity contribution is 0.319. The maximum Gasteiger partial charge on any atom is -0.00882 e. The molecule has 0 aliphatic heterocycles. The predicted molar refractivity (Wildman–Crippen MR) is 130 cm³/mol. The highest BCUT2D eigenvalue weighted by atomic mass is 14.3. The summed E-state index contributed by atoms with van der Waals surface area (Å²) in [6, 6.07) is 14.1. The molecule has 4 rings (SSSR count). The molecule has 0 nitrogen and oxygen atoms in total. The molecular formula is C29H36. The van der Waals surface area contributed by atoms with Gasteiger partial charge in [-0.1, -0.05) is 94.5 Å². The number of fused-ring (bicyclic) bond motifs is 1. The molecule has 2 aliphatic carbocycles. The lowest BCUT2D eigenvalue weighted by atomic mass is 9.77. The second-order valence-electron chi connectivity index (χ2n) is 8.12. The Bertz CT molecular complexity index is 914. The smallest absolute Gasteiger partial charge is 0.00882 e. The minimum Gasteiger partial charge on any atom is -0.0985 e. The van der Waals surface area contributed by atoms with E-state index < -0.39 is 0 Å². The van der Waals surface area contributed by atoms with E-state index in [-0.39, 0.29) is 0 Å². The lowest BCUT2D eigenvalue weighted by Crippen LogP contribution is -2.12. The molecule has 0 bridgehead atoms. The molecule has 0 aromatic heterocycles. The molecule has 0 atom stereocenters. The van der Waals surface area contributed by atoms with E-state index in [0.717, 1.165) is 18.3 Å². The van der Waals surface area contributed by atoms with E-state index in [0.29, 0.717) is 0 Å². The van der Waals surface area contributed by atoms with Gasteiger partial charge in [0.05, 0.1) is 0 Å². The third kappa shape index (κ3) is 5.18. The Balaban J connectivity index is 0.00000117. The van der Waals surface area contributed by atoms with Gasteiger partial charge in [-0.25, -0.2) is 0 Å². The maximum atomic E-state index is 3.87. The molecule has 0 saturated heterocycles. The van der Waals surface area contributed by atoms with E-state index in [1.807, 2.05) is 19.9 Å². The van der Waals surface area contributed by atoms with Gasteiger partial charge in [-0.3, -0.25) is 0 Å². The fraction of sp³-hybridized carbons (Fsp3) is 0.379. The van der Waals surface area contributed by atoms with Gasteiger partial charge < -0.3 is 0 Å². The first-order valence-corrected chi connectivity index (χ1v) is 11.5. The average molecular weight is 385 g/mol. The quantitative estimate of drug-likeness (QED) is 0.493. The van der Waals surface area contributed by atoms with E-state index in [2.05, 4.69) is 74.2 Å². The van der Waals surface area contributed by atoms with Crippen LogP contribution in [-0.4, -0.2) is 0 Å². The predicted octanol–water partition coefficient (Wildman–Crippen LogP) is 9.01. The van der Waals surface area contributed by atoms with Gasteiger partial charge in [0, 0.05) is 0 Å². The Kier molecular flexibility index (Phi) is 7.69. The van der Waals surface area contributed by atoms with Crippen molar-refractivity contribution in [3.05, 3.63) is 90.1 Å². The highest BCUT2D eigenvalue weighted by Gasteiger charge is 2.21. The van der Waals surface area contributed by atoms with Crippen molar-refractivity contribution < 1.29 is 0 Å². The standard InChI is InChI=1S/C27H30.C2H6/c1-3-20-6-5-7-22(11-8-20)24-14-16-27-19-25(15-17-26(27)18-24)23-12-9-21(4-2)10-13-23;1-2/h3,5-6,8,11,14-19,21,23H,1,4,7,9-10,12-13H2,2H3;1-2H3. The summed E-state index contributed by atoms with van der Waals surface area (Å²) in [6.45, 7) is 10.2. The van der Waals surface area contributed by atoms with Crippen molar-refractivity contribution >= 4 is 16.3 Å². The van der Waals surface area contributed by atoms with Crippen molar-refractivity contribution in [1.29, 1.82) is 0 Å². The summed E-state index contributed by atoms with van der Waals surface area (Å²) in [5.74, 6) is 1.72. The summed E-state index contributed by atoms with van der Waals surface area (Å²) in [6.07, 6.45) is 18.5. The van der Waals surface area contributed by atoms with E-state index in [1.54, 1.807) is 5.56 Å². The van der Waals surface area contributed by atoms with Crippen molar-refractivity contribution in [2.45, 2.75) is 65.2 Å². The zero-order valence-corrected chi connectivity index (χ0v) is 18.5. The van der Waals surface area contributed by atoms with E-state index in [1.165, 1.54) is 59.6 Å². The van der Waals surface area contributed by atoms with Crippen LogP contribution in [0.5, 0.6) is 0 Å². The third-order valence-corrected chi connectivity index (χ3v) is 6.49. The average Bonchev–Trinajstić information content (AvgIpc) is 3.05. The minimum absolute atomic E-state index is 0.758. The number of allylic oxidation sites excluding steroid dienone is 7. The number of hydrogen-bond donors (Lipinski definition) is 0. The Morgan fingerprint density at radius 2 is 1.66 bits per heavy atom. The molecule has 1 fully saturated rings. The normalized spacial score (nSPS) is 21.5. The first-order valence-electron chi connectivity index (χ1n) is 11.5. The molecule has 0 spiro atoms. The van der Waals surface area contributed by atoms with Gasteiger partial charge in [0.1, 0.15) is 0 Å². The van der Waals surface area contributed by atoms with Crippen molar-refractivity contribution in [2.24, 2.45) is 5.92 Å². The molecule has 0 N–H and O–H groups in total. The van der Waals surface area contributed by atoms with Crippen molar-refractivity contribution in [3.8, 4) is 0 Å². The van der Waals surface area contributed by atoms with E-state index >= 15 is 0 Å². The van der Waals surface area contributed by atoms with Gasteiger partial charge in [0.2, 0.25) is 0 Å². The Morgan fingerprint density at radius 1 is 0.931 bits per heavy atom. The highest BCUT2D eigenvalue weighted by Crippen LogP contribution is 2.38. The SMILES string of the molecule is C=CC1=CC=C(c2ccc3cc(C4CCC(CC)CC4)ccc3c2)CC=C1.CC. The van der Waals surface area contributed by atoms with Crippen LogP contribution in [0.4, 0.5) is 0 Å². The van der Waals surface area contributed by atoms with Gasteiger partial charge in [-0.05, 0) is 83.1 Å². The van der Waals surface area contributed by atoms with Crippen LogP contribution in [-0.2, 0) is 0 Å². The van der Waals surface area contributed by atoms with Crippen LogP contribution in [0.1, 0.15) is 76.3 Å². The van der Waals surface area contributed by atoms with Gasteiger partial charge in [-0.2, -0.15) is 0 Å². The molecule has 0 amide bonds. The van der Waals surface area contributed by atoms with Crippen LogP contribution in [0.15, 0.2) is 78.9 Å². The van der Waals surface area contributed by atoms with Crippen LogP contribution in [0.25, 0.3) is 16.3 Å². The number of rotatable bonds is 4. The van der Waals surface area contributed by atoms with E-state index in [4.69, 9.17) is 0 Å². The Labute approximate surface area is 177 Å². The highest BCUT2D eigenvalue weighted by molar-refractivity contribution is 5.87. The van der Waals surface area contributed by atoms with Gasteiger partial charge in [0.25, 0.3) is 0 Å². The topological polar surface area (TPSA) is 0 Å². The molecular weight excluding hydrogens is 348 g/mol. The van der Waals surface area contributed by atoms with Crippen LogP contribution >= 0.6 is 0 Å². The molecule has 152 valence electrons. The molecule has 2 aliphatic rings. The fourth-order valence-corrected chi connectivity index (χ4v) is 4.61. The second-order valence-corrected chi connectivity index (χ2v) is 8.12. The minimum atomic E-state index is 0.758. The summed E-state index contributed by atoms with van der Waals surface area (Å²) in [4.78, 5) is 0. The zero-order chi connectivity index (χ0) is 20.6. The van der Waals surface area contributed by atoms with Gasteiger partial charge in [-0.15, -0.1) is 0 Å². The molecule has 0 heteroatoms. The molecule has 2 aromatic rings. The maximum absolute atomic E-state index is 3.87. The molecule has 2 aromatic carbocycles. The van der Waals surface area contributed by atoms with Gasteiger partial charge >= 0.3 is 0 Å². The van der Waals surface area contributed by atoms with Crippen molar-refractivity contribution in [3.63, 3.8) is 0 Å². The van der Waals surface area contributed by atoms with Crippen LogP contribution in [0.2, 0.25) is 0 Å². The zero-order valence-electron chi connectivity index (χ0n) is 18.5. The monoisotopic (exact) mass is 384 g/mol. The summed E-state index contributed by atoms with van der Waals surface area (Å²) >= 11 is 0. The van der Waals surface area contributed by atoms with Crippen LogP contribution < -0.4 is 0 Å². The van der Waals surface area contributed by atoms with Gasteiger partial charge in [0.15, 0.2) is 0 Å². The molecule has 0 unspecified atom stereocenters. The fourth-order valence-electron chi connectivity index (χ4n) is 4.61. The molecule has 0 radical (unpaired) electrons. The molecule has 29 heavy (non-hydrogen) atoms.